The van der Waals surface area contributed by atoms with Crippen LogP contribution in [0.25, 0.3) is 0 Å². The van der Waals surface area contributed by atoms with Gasteiger partial charge in [-0.3, -0.25) is 0 Å². The van der Waals surface area contributed by atoms with Crippen molar-refractivity contribution in [1.29, 1.82) is 0 Å². The van der Waals surface area contributed by atoms with Gasteiger partial charge >= 0.3 is 0 Å². The lowest BCUT2D eigenvalue weighted by molar-refractivity contribution is 0.358. The standard InChI is InChI=1S/C10H11BrF2N2O2S.ClH/c11-7-5-10(9(13)6-8(7)12)18(16,17)15-3-1-14-2-4-15;/h5-6,14H,1-4H2;1H. The summed E-state index contributed by atoms with van der Waals surface area (Å²) in [6.07, 6.45) is 0. The Hall–Kier alpha value is -0.280. The Labute approximate surface area is 124 Å². The van der Waals surface area contributed by atoms with Crippen molar-refractivity contribution in [3.63, 3.8) is 0 Å². The van der Waals surface area contributed by atoms with Gasteiger partial charge in [-0.2, -0.15) is 4.31 Å². The highest BCUT2D eigenvalue weighted by Crippen LogP contribution is 2.25. The Morgan fingerprint density at radius 2 is 1.74 bits per heavy atom. The van der Waals surface area contributed by atoms with Crippen LogP contribution in [0.1, 0.15) is 0 Å². The molecule has 0 spiro atoms. The van der Waals surface area contributed by atoms with Gasteiger partial charge in [0.15, 0.2) is 0 Å². The fourth-order valence-corrected chi connectivity index (χ4v) is 3.73. The average Bonchev–Trinajstić information content (AvgIpc) is 2.34. The van der Waals surface area contributed by atoms with E-state index < -0.39 is 26.6 Å². The molecule has 1 aromatic rings. The molecule has 1 aliphatic heterocycles. The van der Waals surface area contributed by atoms with Crippen molar-refractivity contribution in [2.24, 2.45) is 0 Å². The van der Waals surface area contributed by atoms with Gasteiger partial charge in [-0.05, 0) is 22.0 Å². The number of hydrogen-bond acceptors (Lipinski definition) is 3. The lowest BCUT2D eigenvalue weighted by Crippen LogP contribution is -2.46. The number of halogens is 4. The monoisotopic (exact) mass is 376 g/mol. The van der Waals surface area contributed by atoms with Crippen molar-refractivity contribution >= 4 is 38.4 Å². The quantitative estimate of drug-likeness (QED) is 0.799. The normalized spacial score (nSPS) is 17.0. The fraction of sp³-hybridized carbons (Fsp3) is 0.400. The average molecular weight is 378 g/mol. The molecule has 2 rings (SSSR count). The zero-order valence-electron chi connectivity index (χ0n) is 9.70. The number of rotatable bonds is 2. The molecule has 4 nitrogen and oxygen atoms in total. The second-order valence-corrected chi connectivity index (χ2v) is 6.61. The van der Waals surface area contributed by atoms with Gasteiger partial charge in [0.1, 0.15) is 16.5 Å². The van der Waals surface area contributed by atoms with Gasteiger partial charge in [0, 0.05) is 32.2 Å². The molecule has 0 saturated carbocycles. The van der Waals surface area contributed by atoms with Gasteiger partial charge in [0.2, 0.25) is 10.0 Å². The summed E-state index contributed by atoms with van der Waals surface area (Å²) in [6, 6.07) is 1.53. The van der Waals surface area contributed by atoms with E-state index in [1.54, 1.807) is 0 Å². The fourth-order valence-electron chi connectivity index (χ4n) is 1.73. The van der Waals surface area contributed by atoms with Gasteiger partial charge in [-0.1, -0.05) is 0 Å². The maximum atomic E-state index is 13.6. The number of sulfonamides is 1. The van der Waals surface area contributed by atoms with Crippen molar-refractivity contribution in [1.82, 2.24) is 9.62 Å². The highest BCUT2D eigenvalue weighted by Gasteiger charge is 2.29. The molecule has 0 amide bonds. The first-order valence-corrected chi connectivity index (χ1v) is 7.51. The molecule has 108 valence electrons. The summed E-state index contributed by atoms with van der Waals surface area (Å²) in [4.78, 5) is -0.502. The molecule has 19 heavy (non-hydrogen) atoms. The maximum Gasteiger partial charge on any atom is 0.246 e. The predicted octanol–water partition coefficient (Wildman–Crippen LogP) is 1.74. The van der Waals surface area contributed by atoms with Crippen molar-refractivity contribution in [3.8, 4) is 0 Å². The summed E-state index contributed by atoms with van der Waals surface area (Å²) in [5, 5.41) is 3.00. The lowest BCUT2D eigenvalue weighted by atomic mass is 10.3. The largest absolute Gasteiger partial charge is 0.314 e. The summed E-state index contributed by atoms with van der Waals surface area (Å²) >= 11 is 2.86. The molecular weight excluding hydrogens is 366 g/mol. The molecule has 1 saturated heterocycles. The Bertz CT molecular complexity index is 565. The molecule has 0 radical (unpaired) electrons. The Morgan fingerprint density at radius 1 is 1.16 bits per heavy atom. The first-order chi connectivity index (χ1) is 8.43. The maximum absolute atomic E-state index is 13.6. The molecular formula is C10H12BrClF2N2O2S. The zero-order chi connectivity index (χ0) is 13.3. The van der Waals surface area contributed by atoms with Gasteiger partial charge < -0.3 is 5.32 Å². The van der Waals surface area contributed by atoms with Crippen LogP contribution < -0.4 is 5.32 Å². The van der Waals surface area contributed by atoms with Crippen molar-refractivity contribution in [2.45, 2.75) is 4.90 Å². The van der Waals surface area contributed by atoms with E-state index in [2.05, 4.69) is 21.2 Å². The lowest BCUT2D eigenvalue weighted by Gasteiger charge is -2.26. The molecule has 1 fully saturated rings. The van der Waals surface area contributed by atoms with Crippen LogP contribution in [-0.4, -0.2) is 38.9 Å². The zero-order valence-corrected chi connectivity index (χ0v) is 12.9. The Morgan fingerprint density at radius 3 is 2.32 bits per heavy atom. The van der Waals surface area contributed by atoms with Crippen LogP contribution in [0.3, 0.4) is 0 Å². The third-order valence-corrected chi connectivity index (χ3v) is 5.19. The van der Waals surface area contributed by atoms with E-state index in [0.717, 1.165) is 6.07 Å². The number of piperazine rings is 1. The van der Waals surface area contributed by atoms with Crippen molar-refractivity contribution in [2.75, 3.05) is 26.2 Å². The molecule has 1 heterocycles. The highest BCUT2D eigenvalue weighted by atomic mass is 79.9. The number of nitrogens with zero attached hydrogens (tertiary/aromatic N) is 1. The topological polar surface area (TPSA) is 49.4 Å². The molecule has 9 heteroatoms. The van der Waals surface area contributed by atoms with E-state index >= 15 is 0 Å². The predicted molar refractivity (Wildman–Crippen MR) is 72.9 cm³/mol. The minimum atomic E-state index is -3.91. The summed E-state index contributed by atoms with van der Waals surface area (Å²) in [7, 11) is -3.91. The van der Waals surface area contributed by atoms with Crippen LogP contribution in [0.2, 0.25) is 0 Å². The van der Waals surface area contributed by atoms with Crippen LogP contribution in [0.5, 0.6) is 0 Å². The van der Waals surface area contributed by atoms with Crippen LogP contribution in [0.4, 0.5) is 8.78 Å². The van der Waals surface area contributed by atoms with E-state index in [-0.39, 0.29) is 30.0 Å². The summed E-state index contributed by atoms with van der Waals surface area (Å²) in [6.45, 7) is 1.58. The van der Waals surface area contributed by atoms with Crippen molar-refractivity contribution in [3.05, 3.63) is 28.2 Å². The van der Waals surface area contributed by atoms with Crippen LogP contribution in [0.15, 0.2) is 21.5 Å². The third-order valence-electron chi connectivity index (χ3n) is 2.67. The van der Waals surface area contributed by atoms with Crippen molar-refractivity contribution < 1.29 is 17.2 Å². The Kier molecular flexibility index (Phi) is 5.69. The minimum Gasteiger partial charge on any atom is -0.314 e. The number of hydrogen-bond donors (Lipinski definition) is 1. The molecule has 1 aliphatic rings. The van der Waals surface area contributed by atoms with Gasteiger partial charge in [-0.15, -0.1) is 12.4 Å². The van der Waals surface area contributed by atoms with E-state index in [0.29, 0.717) is 19.2 Å². The SMILES string of the molecule is Cl.O=S(=O)(c1cc(Br)c(F)cc1F)N1CCNCC1. The first kappa shape index (κ1) is 16.8. The van der Waals surface area contributed by atoms with E-state index in [1.807, 2.05) is 0 Å². The van der Waals surface area contributed by atoms with Gasteiger partial charge in [0.25, 0.3) is 0 Å². The number of nitrogens with one attached hydrogen (secondary N) is 1. The molecule has 0 aliphatic carbocycles. The van der Waals surface area contributed by atoms with Gasteiger partial charge in [0.05, 0.1) is 4.47 Å². The van der Waals surface area contributed by atoms with Crippen LogP contribution in [-0.2, 0) is 10.0 Å². The summed E-state index contributed by atoms with van der Waals surface area (Å²) in [5.74, 6) is -1.90. The smallest absolute Gasteiger partial charge is 0.246 e. The summed E-state index contributed by atoms with van der Waals surface area (Å²) in [5.41, 5.74) is 0. The molecule has 0 unspecified atom stereocenters. The molecule has 0 atom stereocenters. The second-order valence-electron chi connectivity index (χ2n) is 3.85. The molecule has 1 N–H and O–H groups in total. The second kappa shape index (κ2) is 6.45. The van der Waals surface area contributed by atoms with Gasteiger partial charge in [-0.25, -0.2) is 17.2 Å². The summed E-state index contributed by atoms with van der Waals surface area (Å²) < 4.78 is 52.2. The highest BCUT2D eigenvalue weighted by molar-refractivity contribution is 9.10. The molecule has 0 bridgehead atoms. The first-order valence-electron chi connectivity index (χ1n) is 5.28. The van der Waals surface area contributed by atoms with E-state index in [1.165, 1.54) is 4.31 Å². The van der Waals surface area contributed by atoms with E-state index in [9.17, 15) is 17.2 Å². The number of benzene rings is 1. The van der Waals surface area contributed by atoms with Crippen LogP contribution >= 0.6 is 28.3 Å². The van der Waals surface area contributed by atoms with E-state index in [4.69, 9.17) is 0 Å². The minimum absolute atomic E-state index is 0. The molecule has 0 aromatic heterocycles. The Balaban J connectivity index is 0.00000180. The van der Waals surface area contributed by atoms with Crippen LogP contribution in [0, 0.1) is 11.6 Å². The third kappa shape index (κ3) is 3.43. The molecule has 1 aromatic carbocycles.